The summed E-state index contributed by atoms with van der Waals surface area (Å²) in [6.07, 6.45) is 1.79. The van der Waals surface area contributed by atoms with Crippen molar-refractivity contribution in [3.63, 3.8) is 0 Å². The van der Waals surface area contributed by atoms with Crippen LogP contribution in [0.3, 0.4) is 0 Å². The van der Waals surface area contributed by atoms with E-state index in [4.69, 9.17) is 5.73 Å². The van der Waals surface area contributed by atoms with E-state index >= 15 is 0 Å². The van der Waals surface area contributed by atoms with Gasteiger partial charge in [0.15, 0.2) is 0 Å². The van der Waals surface area contributed by atoms with Crippen LogP contribution in [0.15, 0.2) is 12.7 Å². The molecule has 0 aromatic heterocycles. The summed E-state index contributed by atoms with van der Waals surface area (Å²) in [5.74, 6) is 0.987. The van der Waals surface area contributed by atoms with Gasteiger partial charge >= 0.3 is 0 Å². The zero-order chi connectivity index (χ0) is 7.28. The van der Waals surface area contributed by atoms with Crippen LogP contribution in [-0.4, -0.2) is 17.0 Å². The molecule has 9 heavy (non-hydrogen) atoms. The molecule has 0 spiro atoms. The highest BCUT2D eigenvalue weighted by molar-refractivity contribution is 7.99. The van der Waals surface area contributed by atoms with Crippen molar-refractivity contribution in [2.24, 2.45) is 5.73 Å². The van der Waals surface area contributed by atoms with Crippen LogP contribution in [0.4, 0.5) is 0 Å². The average Bonchev–Trinajstić information content (AvgIpc) is 1.83. The predicted octanol–water partition coefficient (Wildman–Crippen LogP) is 1.64. The van der Waals surface area contributed by atoms with Crippen LogP contribution in [-0.2, 0) is 0 Å². The summed E-state index contributed by atoms with van der Waals surface area (Å²) in [7, 11) is 0. The van der Waals surface area contributed by atoms with Gasteiger partial charge in [0.1, 0.15) is 0 Å². The smallest absolute Gasteiger partial charge is 0.0313 e. The summed E-state index contributed by atoms with van der Waals surface area (Å²) in [6, 6.07) is 0.164. The quantitative estimate of drug-likeness (QED) is 0.609. The van der Waals surface area contributed by atoms with Crippen LogP contribution in [0.5, 0.6) is 0 Å². The van der Waals surface area contributed by atoms with E-state index in [1.165, 1.54) is 0 Å². The Hall–Kier alpha value is 0.0500. The largest absolute Gasteiger partial charge is 0.324 e. The summed E-state index contributed by atoms with van der Waals surface area (Å²) in [4.78, 5) is 0. The lowest BCUT2D eigenvalue weighted by molar-refractivity contribution is 0.936. The van der Waals surface area contributed by atoms with Crippen molar-refractivity contribution < 1.29 is 0 Å². The van der Waals surface area contributed by atoms with Crippen LogP contribution in [0.1, 0.15) is 13.8 Å². The number of rotatable bonds is 4. The molecule has 0 rings (SSSR count). The predicted molar refractivity (Wildman–Crippen MR) is 45.8 cm³/mol. The van der Waals surface area contributed by atoms with Gasteiger partial charge in [-0.1, -0.05) is 19.9 Å². The third-order valence-corrected chi connectivity index (χ3v) is 2.17. The van der Waals surface area contributed by atoms with E-state index in [2.05, 4.69) is 20.4 Å². The first kappa shape index (κ1) is 9.05. The van der Waals surface area contributed by atoms with Crippen molar-refractivity contribution in [1.82, 2.24) is 0 Å². The highest BCUT2D eigenvalue weighted by Gasteiger charge is 1.97. The second-order valence-electron chi connectivity index (χ2n) is 2.28. The summed E-state index contributed by atoms with van der Waals surface area (Å²) in [5.41, 5.74) is 5.58. The Morgan fingerprint density at radius 3 is 2.56 bits per heavy atom. The topological polar surface area (TPSA) is 26.0 Å². The van der Waals surface area contributed by atoms with Gasteiger partial charge in [0.2, 0.25) is 0 Å². The van der Waals surface area contributed by atoms with Gasteiger partial charge in [-0.3, -0.25) is 0 Å². The fourth-order valence-electron chi connectivity index (χ4n) is 0.372. The van der Waals surface area contributed by atoms with Crippen LogP contribution in [0, 0.1) is 0 Å². The van der Waals surface area contributed by atoms with Crippen molar-refractivity contribution in [2.45, 2.75) is 25.1 Å². The Kier molecular flexibility index (Phi) is 4.91. The van der Waals surface area contributed by atoms with Crippen molar-refractivity contribution in [3.05, 3.63) is 12.7 Å². The van der Waals surface area contributed by atoms with E-state index in [1.54, 1.807) is 6.08 Å². The number of nitrogens with two attached hydrogens (primary N) is 1. The summed E-state index contributed by atoms with van der Waals surface area (Å²) in [6.45, 7) is 7.93. The molecule has 0 amide bonds. The molecule has 0 aromatic rings. The molecule has 0 saturated carbocycles. The first-order valence-electron chi connectivity index (χ1n) is 3.16. The van der Waals surface area contributed by atoms with Gasteiger partial charge in [-0.2, -0.15) is 11.8 Å². The normalized spacial score (nSPS) is 13.8. The lowest BCUT2D eigenvalue weighted by atomic mass is 10.4. The molecule has 1 unspecified atom stereocenters. The molecule has 1 atom stereocenters. The van der Waals surface area contributed by atoms with E-state index < -0.39 is 0 Å². The minimum absolute atomic E-state index is 0.164. The molecule has 0 bridgehead atoms. The molecule has 0 fully saturated rings. The Morgan fingerprint density at radius 2 is 2.22 bits per heavy atom. The number of thioether (sulfide) groups is 1. The van der Waals surface area contributed by atoms with E-state index in [1.807, 2.05) is 11.8 Å². The summed E-state index contributed by atoms with van der Waals surface area (Å²) in [5, 5.41) is 0.677. The molecule has 54 valence electrons. The van der Waals surface area contributed by atoms with Crippen molar-refractivity contribution in [3.8, 4) is 0 Å². The van der Waals surface area contributed by atoms with Gasteiger partial charge in [0.05, 0.1) is 0 Å². The zero-order valence-corrected chi connectivity index (χ0v) is 6.95. The Bertz CT molecular complexity index is 81.0. The number of hydrogen-bond donors (Lipinski definition) is 1. The molecule has 1 nitrogen and oxygen atoms in total. The Balaban J connectivity index is 3.16. The fraction of sp³-hybridized carbons (Fsp3) is 0.714. The third kappa shape index (κ3) is 5.93. The molecule has 0 aromatic carbocycles. The van der Waals surface area contributed by atoms with Crippen LogP contribution >= 0.6 is 11.8 Å². The molecule has 2 heteroatoms. The first-order chi connectivity index (χ1) is 4.16. The van der Waals surface area contributed by atoms with Crippen molar-refractivity contribution in [2.75, 3.05) is 5.75 Å². The lowest BCUT2D eigenvalue weighted by Crippen LogP contribution is -2.20. The zero-order valence-electron chi connectivity index (χ0n) is 6.13. The lowest BCUT2D eigenvalue weighted by Gasteiger charge is -2.07. The van der Waals surface area contributed by atoms with Crippen molar-refractivity contribution >= 4 is 11.8 Å². The van der Waals surface area contributed by atoms with Gasteiger partial charge in [-0.05, 0) is 5.25 Å². The van der Waals surface area contributed by atoms with Crippen molar-refractivity contribution in [1.29, 1.82) is 0 Å². The maximum absolute atomic E-state index is 5.58. The molecule has 0 aliphatic rings. The van der Waals surface area contributed by atoms with Gasteiger partial charge in [0, 0.05) is 11.8 Å². The maximum Gasteiger partial charge on any atom is 0.0313 e. The SMILES string of the molecule is C=CC(N)CSC(C)C. The number of hydrogen-bond acceptors (Lipinski definition) is 2. The molecule has 0 heterocycles. The standard InChI is InChI=1S/C7H15NS/c1-4-7(8)5-9-6(2)3/h4,6-7H,1,5,8H2,2-3H3. The molecule has 0 aliphatic heterocycles. The monoisotopic (exact) mass is 145 g/mol. The Morgan fingerprint density at radius 1 is 1.67 bits per heavy atom. The van der Waals surface area contributed by atoms with Crippen LogP contribution < -0.4 is 5.73 Å². The second-order valence-corrected chi connectivity index (χ2v) is 3.89. The van der Waals surface area contributed by atoms with Crippen LogP contribution in [0.25, 0.3) is 0 Å². The van der Waals surface area contributed by atoms with E-state index in [0.29, 0.717) is 5.25 Å². The fourth-order valence-corrected chi connectivity index (χ4v) is 1.11. The van der Waals surface area contributed by atoms with E-state index in [9.17, 15) is 0 Å². The maximum atomic E-state index is 5.58. The van der Waals surface area contributed by atoms with E-state index in [-0.39, 0.29) is 6.04 Å². The summed E-state index contributed by atoms with van der Waals surface area (Å²) >= 11 is 1.87. The van der Waals surface area contributed by atoms with Gasteiger partial charge in [-0.25, -0.2) is 0 Å². The second kappa shape index (κ2) is 4.89. The molecular weight excluding hydrogens is 130 g/mol. The molecule has 0 aliphatic carbocycles. The van der Waals surface area contributed by atoms with Gasteiger partial charge in [0.25, 0.3) is 0 Å². The molecule has 2 N–H and O–H groups in total. The minimum Gasteiger partial charge on any atom is -0.324 e. The molecule has 0 saturated heterocycles. The minimum atomic E-state index is 0.164. The van der Waals surface area contributed by atoms with Gasteiger partial charge < -0.3 is 5.73 Å². The third-order valence-electron chi connectivity index (χ3n) is 0.925. The van der Waals surface area contributed by atoms with Gasteiger partial charge in [-0.15, -0.1) is 6.58 Å². The first-order valence-corrected chi connectivity index (χ1v) is 4.21. The average molecular weight is 145 g/mol. The Labute approximate surface area is 61.7 Å². The molecule has 0 radical (unpaired) electrons. The highest BCUT2D eigenvalue weighted by Crippen LogP contribution is 2.09. The van der Waals surface area contributed by atoms with Crippen LogP contribution in [0.2, 0.25) is 0 Å². The van der Waals surface area contributed by atoms with E-state index in [0.717, 1.165) is 5.75 Å². The summed E-state index contributed by atoms with van der Waals surface area (Å²) < 4.78 is 0. The highest BCUT2D eigenvalue weighted by atomic mass is 32.2. The molecular formula is C7H15NS.